The summed E-state index contributed by atoms with van der Waals surface area (Å²) in [6, 6.07) is 0. The topological polar surface area (TPSA) is 55.0 Å². The molecule has 1 rings (SSSR count). The van der Waals surface area contributed by atoms with Crippen LogP contribution < -0.4 is 0 Å². The van der Waals surface area contributed by atoms with Crippen molar-refractivity contribution in [3.05, 3.63) is 15.0 Å². The summed E-state index contributed by atoms with van der Waals surface area (Å²) in [5.41, 5.74) is -1.38. The Hall–Kier alpha value is -0.800. The van der Waals surface area contributed by atoms with Gasteiger partial charge in [0.05, 0.1) is 10.2 Å². The fraction of sp³-hybridized carbons (Fsp3) is 0.429. The standard InChI is InChI=1S/C7H6F3IN2O2/c1-2-15-6(14)4-3(11)5(13-12-4)7(8,9)10/h2H2,1H3,(H,12,13). The van der Waals surface area contributed by atoms with Crippen molar-refractivity contribution in [3.8, 4) is 0 Å². The molecule has 0 radical (unpaired) electrons. The van der Waals surface area contributed by atoms with Gasteiger partial charge in [-0.1, -0.05) is 0 Å². The smallest absolute Gasteiger partial charge is 0.433 e. The molecule has 0 aliphatic rings. The van der Waals surface area contributed by atoms with E-state index >= 15 is 0 Å². The van der Waals surface area contributed by atoms with Gasteiger partial charge in [-0.15, -0.1) is 0 Å². The van der Waals surface area contributed by atoms with Crippen LogP contribution in [-0.4, -0.2) is 22.8 Å². The molecule has 4 nitrogen and oxygen atoms in total. The van der Waals surface area contributed by atoms with Gasteiger partial charge in [0.25, 0.3) is 0 Å². The second-order valence-corrected chi connectivity index (χ2v) is 3.56. The average molecular weight is 334 g/mol. The lowest BCUT2D eigenvalue weighted by molar-refractivity contribution is -0.141. The van der Waals surface area contributed by atoms with Crippen LogP contribution in [0, 0.1) is 3.57 Å². The molecule has 15 heavy (non-hydrogen) atoms. The van der Waals surface area contributed by atoms with Crippen molar-refractivity contribution in [2.24, 2.45) is 0 Å². The number of hydrogen-bond acceptors (Lipinski definition) is 3. The van der Waals surface area contributed by atoms with Crippen LogP contribution in [0.3, 0.4) is 0 Å². The normalized spacial score (nSPS) is 11.5. The van der Waals surface area contributed by atoms with E-state index in [0.29, 0.717) is 0 Å². The highest BCUT2D eigenvalue weighted by Crippen LogP contribution is 2.32. The first-order valence-corrected chi connectivity index (χ1v) is 4.94. The Morgan fingerprint density at radius 1 is 1.60 bits per heavy atom. The molecule has 1 N–H and O–H groups in total. The molecule has 0 saturated carbocycles. The van der Waals surface area contributed by atoms with Crippen molar-refractivity contribution in [3.63, 3.8) is 0 Å². The van der Waals surface area contributed by atoms with Crippen molar-refractivity contribution >= 4 is 28.6 Å². The zero-order chi connectivity index (χ0) is 11.6. The third kappa shape index (κ3) is 2.61. The number of aromatic nitrogens is 2. The average Bonchev–Trinajstić information content (AvgIpc) is 2.46. The molecule has 8 heteroatoms. The van der Waals surface area contributed by atoms with Gasteiger partial charge in [0.15, 0.2) is 11.4 Å². The lowest BCUT2D eigenvalue weighted by Gasteiger charge is -2.03. The number of nitrogens with zero attached hydrogens (tertiary/aromatic N) is 1. The zero-order valence-electron chi connectivity index (χ0n) is 7.48. The lowest BCUT2D eigenvalue weighted by atomic mass is 10.3. The monoisotopic (exact) mass is 334 g/mol. The van der Waals surface area contributed by atoms with Crippen LogP contribution in [0.2, 0.25) is 0 Å². The number of aromatic amines is 1. The molecule has 1 aromatic heterocycles. The summed E-state index contributed by atoms with van der Waals surface area (Å²) in [5, 5.41) is 5.04. The van der Waals surface area contributed by atoms with Crippen molar-refractivity contribution in [2.45, 2.75) is 13.1 Å². The van der Waals surface area contributed by atoms with Crippen LogP contribution in [-0.2, 0) is 10.9 Å². The molecule has 0 amide bonds. The first-order chi connectivity index (χ1) is 6.88. The Balaban J connectivity index is 3.04. The maximum atomic E-state index is 12.3. The van der Waals surface area contributed by atoms with Gasteiger partial charge in [-0.25, -0.2) is 4.79 Å². The summed E-state index contributed by atoms with van der Waals surface area (Å²) in [6.07, 6.45) is -4.55. The highest BCUT2D eigenvalue weighted by atomic mass is 127. The summed E-state index contributed by atoms with van der Waals surface area (Å²) in [5.74, 6) is -0.867. The highest BCUT2D eigenvalue weighted by Gasteiger charge is 2.37. The van der Waals surface area contributed by atoms with Crippen LogP contribution in [0.5, 0.6) is 0 Å². The predicted molar refractivity (Wildman–Crippen MR) is 52.3 cm³/mol. The predicted octanol–water partition coefficient (Wildman–Crippen LogP) is 2.21. The first kappa shape index (κ1) is 12.3. The number of carbonyl (C=O) groups excluding carboxylic acids is 1. The number of nitrogens with one attached hydrogen (secondary N) is 1. The molecular formula is C7H6F3IN2O2. The second-order valence-electron chi connectivity index (χ2n) is 2.48. The molecule has 0 spiro atoms. The molecule has 0 saturated heterocycles. The number of rotatable bonds is 2. The number of hydrogen-bond donors (Lipinski definition) is 1. The Kier molecular flexibility index (Phi) is 3.58. The number of H-pyrrole nitrogens is 1. The minimum atomic E-state index is -4.55. The van der Waals surface area contributed by atoms with Gasteiger partial charge >= 0.3 is 12.1 Å². The number of halogens is 4. The van der Waals surface area contributed by atoms with Crippen LogP contribution in [0.25, 0.3) is 0 Å². The first-order valence-electron chi connectivity index (χ1n) is 3.86. The Bertz CT molecular complexity index is 375. The summed E-state index contributed by atoms with van der Waals surface area (Å²) in [6.45, 7) is 1.64. The number of carbonyl (C=O) groups is 1. The molecule has 1 aromatic rings. The quantitative estimate of drug-likeness (QED) is 0.667. The SMILES string of the molecule is CCOC(=O)c1n[nH]c(C(F)(F)F)c1I. The number of esters is 1. The molecule has 0 fully saturated rings. The molecule has 0 aliphatic heterocycles. The minimum Gasteiger partial charge on any atom is -0.461 e. The van der Waals surface area contributed by atoms with Gasteiger partial charge in [0, 0.05) is 0 Å². The van der Waals surface area contributed by atoms with Crippen molar-refractivity contribution < 1.29 is 22.7 Å². The van der Waals surface area contributed by atoms with Gasteiger partial charge in [-0.3, -0.25) is 5.10 Å². The Labute approximate surface area is 96.3 Å². The summed E-state index contributed by atoms with van der Waals surface area (Å²) in [7, 11) is 0. The van der Waals surface area contributed by atoms with Crippen molar-refractivity contribution in [2.75, 3.05) is 6.61 Å². The fourth-order valence-corrected chi connectivity index (χ4v) is 1.62. The molecule has 0 aliphatic carbocycles. The van der Waals surface area contributed by atoms with E-state index in [4.69, 9.17) is 0 Å². The molecule has 0 aromatic carbocycles. The highest BCUT2D eigenvalue weighted by molar-refractivity contribution is 14.1. The lowest BCUT2D eigenvalue weighted by Crippen LogP contribution is -2.09. The maximum Gasteiger partial charge on any atom is 0.433 e. The minimum absolute atomic E-state index is 0.0864. The number of ether oxygens (including phenoxy) is 1. The molecule has 0 unspecified atom stereocenters. The maximum absolute atomic E-state index is 12.3. The van der Waals surface area contributed by atoms with E-state index in [9.17, 15) is 18.0 Å². The summed E-state index contributed by atoms with van der Waals surface area (Å²) < 4.78 is 41.1. The van der Waals surface area contributed by atoms with Crippen molar-refractivity contribution in [1.82, 2.24) is 10.2 Å². The van der Waals surface area contributed by atoms with E-state index in [1.807, 2.05) is 0 Å². The molecule has 0 bridgehead atoms. The summed E-state index contributed by atoms with van der Waals surface area (Å²) in [4.78, 5) is 11.1. The van der Waals surface area contributed by atoms with Gasteiger partial charge in [-0.05, 0) is 29.5 Å². The third-order valence-corrected chi connectivity index (χ3v) is 2.51. The van der Waals surface area contributed by atoms with Gasteiger partial charge in [-0.2, -0.15) is 18.3 Å². The van der Waals surface area contributed by atoms with Crippen LogP contribution in [0.1, 0.15) is 23.1 Å². The number of alkyl halides is 3. The van der Waals surface area contributed by atoms with E-state index in [1.165, 1.54) is 22.6 Å². The zero-order valence-corrected chi connectivity index (χ0v) is 9.64. The van der Waals surface area contributed by atoms with Crippen LogP contribution in [0.4, 0.5) is 13.2 Å². The van der Waals surface area contributed by atoms with E-state index < -0.39 is 17.8 Å². The molecule has 84 valence electrons. The largest absolute Gasteiger partial charge is 0.461 e. The van der Waals surface area contributed by atoms with Gasteiger partial charge in [0.1, 0.15) is 0 Å². The van der Waals surface area contributed by atoms with E-state index in [-0.39, 0.29) is 15.9 Å². The summed E-state index contributed by atoms with van der Waals surface area (Å²) >= 11 is 1.40. The Morgan fingerprint density at radius 3 is 2.60 bits per heavy atom. The van der Waals surface area contributed by atoms with E-state index in [1.54, 1.807) is 12.0 Å². The van der Waals surface area contributed by atoms with Crippen LogP contribution in [0.15, 0.2) is 0 Å². The van der Waals surface area contributed by atoms with Gasteiger partial charge in [0.2, 0.25) is 0 Å². The van der Waals surface area contributed by atoms with Gasteiger partial charge < -0.3 is 4.74 Å². The molecular weight excluding hydrogens is 328 g/mol. The Morgan fingerprint density at radius 2 is 2.20 bits per heavy atom. The van der Waals surface area contributed by atoms with E-state index in [0.717, 1.165) is 0 Å². The second kappa shape index (κ2) is 4.37. The van der Waals surface area contributed by atoms with Crippen molar-refractivity contribution in [1.29, 1.82) is 0 Å². The molecule has 1 heterocycles. The third-order valence-electron chi connectivity index (χ3n) is 1.46. The van der Waals surface area contributed by atoms with Crippen LogP contribution >= 0.6 is 22.6 Å². The fourth-order valence-electron chi connectivity index (χ4n) is 0.851. The van der Waals surface area contributed by atoms with E-state index in [2.05, 4.69) is 9.84 Å². The molecule has 0 atom stereocenters.